The minimum Gasteiger partial charge on any atom is -0.302 e. The second kappa shape index (κ2) is 6.49. The first kappa shape index (κ1) is 14.5. The Morgan fingerprint density at radius 3 is 2.74 bits per heavy atom. The minimum atomic E-state index is 0.620. The van der Waals surface area contributed by atoms with Crippen LogP contribution < -0.4 is 0 Å². The van der Waals surface area contributed by atoms with Gasteiger partial charge in [0.05, 0.1) is 0 Å². The van der Waals surface area contributed by atoms with Gasteiger partial charge in [0.1, 0.15) is 0 Å². The molecular weight excluding hydrogens is 234 g/mol. The van der Waals surface area contributed by atoms with Gasteiger partial charge in [-0.15, -0.1) is 0 Å². The second-order valence-corrected chi connectivity index (χ2v) is 5.61. The Morgan fingerprint density at radius 2 is 2.05 bits per heavy atom. The monoisotopic (exact) mass is 261 g/mol. The Hall–Kier alpha value is -0.930. The highest BCUT2D eigenvalue weighted by Gasteiger charge is 2.22. The lowest BCUT2D eigenvalue weighted by atomic mass is 10.0. The Bertz CT molecular complexity index is 412. The Morgan fingerprint density at radius 1 is 1.32 bits per heavy atom. The fourth-order valence-electron chi connectivity index (χ4n) is 2.89. The zero-order valence-corrected chi connectivity index (χ0v) is 12.8. The molecule has 0 spiro atoms. The third kappa shape index (κ3) is 3.54. The van der Waals surface area contributed by atoms with Crippen LogP contribution in [0, 0.1) is 6.92 Å². The first-order chi connectivity index (χ1) is 9.13. The number of likely N-dealkylation sites (N-methyl/N-ethyl adjacent to an activating group) is 1. The van der Waals surface area contributed by atoms with Crippen LogP contribution in [0.5, 0.6) is 0 Å². The fourth-order valence-corrected chi connectivity index (χ4v) is 2.89. The quantitative estimate of drug-likeness (QED) is 0.812. The number of rotatable bonds is 5. The molecule has 0 radical (unpaired) electrons. The number of pyridine rings is 1. The van der Waals surface area contributed by atoms with Gasteiger partial charge in [0.15, 0.2) is 0 Å². The molecule has 0 aromatic carbocycles. The van der Waals surface area contributed by atoms with Gasteiger partial charge in [0.2, 0.25) is 0 Å². The summed E-state index contributed by atoms with van der Waals surface area (Å²) in [6, 6.07) is 5.01. The van der Waals surface area contributed by atoms with Gasteiger partial charge in [-0.05, 0) is 38.6 Å². The van der Waals surface area contributed by atoms with Crippen molar-refractivity contribution in [2.24, 2.45) is 0 Å². The molecule has 3 heteroatoms. The highest BCUT2D eigenvalue weighted by atomic mass is 15.2. The van der Waals surface area contributed by atoms with Crippen LogP contribution in [0.4, 0.5) is 0 Å². The largest absolute Gasteiger partial charge is 0.302 e. The summed E-state index contributed by atoms with van der Waals surface area (Å²) in [6.07, 6.45) is 1.10. The summed E-state index contributed by atoms with van der Waals surface area (Å²) in [6.45, 7) is 14.6. The molecule has 19 heavy (non-hydrogen) atoms. The lowest BCUT2D eigenvalue weighted by Crippen LogP contribution is -2.44. The molecule has 1 aliphatic rings. The lowest BCUT2D eigenvalue weighted by molar-refractivity contribution is 0.141. The molecule has 2 heterocycles. The van der Waals surface area contributed by atoms with Crippen LogP contribution in [0.1, 0.15) is 37.7 Å². The summed E-state index contributed by atoms with van der Waals surface area (Å²) < 4.78 is 0. The SMILES string of the molecule is CCN(CC)CC(C)N1CCc2nc(C)ccc2C1. The van der Waals surface area contributed by atoms with Crippen molar-refractivity contribution in [2.45, 2.75) is 46.7 Å². The molecule has 0 saturated carbocycles. The van der Waals surface area contributed by atoms with Gasteiger partial charge in [-0.1, -0.05) is 19.9 Å². The molecule has 3 nitrogen and oxygen atoms in total. The van der Waals surface area contributed by atoms with E-state index in [1.807, 2.05) is 0 Å². The Labute approximate surface area is 117 Å². The predicted molar refractivity (Wildman–Crippen MR) is 80.3 cm³/mol. The Balaban J connectivity index is 1.99. The van der Waals surface area contributed by atoms with E-state index in [2.05, 4.69) is 54.6 Å². The van der Waals surface area contributed by atoms with E-state index in [1.165, 1.54) is 17.8 Å². The number of aryl methyl sites for hydroxylation is 1. The van der Waals surface area contributed by atoms with Crippen LogP contribution >= 0.6 is 0 Å². The van der Waals surface area contributed by atoms with Gasteiger partial charge in [-0.3, -0.25) is 9.88 Å². The third-order valence-electron chi connectivity index (χ3n) is 4.26. The smallest absolute Gasteiger partial charge is 0.0464 e. The summed E-state index contributed by atoms with van der Waals surface area (Å²) in [5.41, 5.74) is 3.87. The molecule has 0 amide bonds. The maximum absolute atomic E-state index is 4.66. The van der Waals surface area contributed by atoms with Crippen LogP contribution in [0.25, 0.3) is 0 Å². The van der Waals surface area contributed by atoms with Crippen LogP contribution in [0.2, 0.25) is 0 Å². The van der Waals surface area contributed by atoms with Gasteiger partial charge in [-0.25, -0.2) is 0 Å². The number of fused-ring (bicyclic) bond motifs is 1. The van der Waals surface area contributed by atoms with Crippen LogP contribution in [0.15, 0.2) is 12.1 Å². The standard InChI is InChI=1S/C16H27N3/c1-5-18(6-2)11-14(4)19-10-9-16-15(12-19)8-7-13(3)17-16/h7-8,14H,5-6,9-12H2,1-4H3. The molecule has 0 aliphatic carbocycles. The predicted octanol–water partition coefficient (Wildman–Crippen LogP) is 2.48. The Kier molecular flexibility index (Phi) is 4.94. The summed E-state index contributed by atoms with van der Waals surface area (Å²) in [7, 11) is 0. The number of aromatic nitrogens is 1. The van der Waals surface area contributed by atoms with Gasteiger partial charge in [0.25, 0.3) is 0 Å². The first-order valence-electron chi connectivity index (χ1n) is 7.55. The van der Waals surface area contributed by atoms with Crippen molar-refractivity contribution in [1.82, 2.24) is 14.8 Å². The number of hydrogen-bond donors (Lipinski definition) is 0. The topological polar surface area (TPSA) is 19.4 Å². The molecule has 0 saturated heterocycles. The van der Waals surface area contributed by atoms with Crippen molar-refractivity contribution in [3.05, 3.63) is 29.1 Å². The molecule has 1 unspecified atom stereocenters. The van der Waals surface area contributed by atoms with E-state index in [0.717, 1.165) is 38.3 Å². The molecule has 1 aromatic heterocycles. The summed E-state index contributed by atoms with van der Waals surface area (Å²) in [5.74, 6) is 0. The van der Waals surface area contributed by atoms with Crippen LogP contribution in [-0.4, -0.2) is 47.0 Å². The highest BCUT2D eigenvalue weighted by molar-refractivity contribution is 5.25. The second-order valence-electron chi connectivity index (χ2n) is 5.61. The maximum Gasteiger partial charge on any atom is 0.0464 e. The number of nitrogens with zero attached hydrogens (tertiary/aromatic N) is 3. The molecule has 1 aromatic rings. The van der Waals surface area contributed by atoms with Gasteiger partial charge >= 0.3 is 0 Å². The molecular formula is C16H27N3. The molecule has 1 atom stereocenters. The molecule has 0 N–H and O–H groups in total. The van der Waals surface area contributed by atoms with Crippen molar-refractivity contribution < 1.29 is 0 Å². The molecule has 1 aliphatic heterocycles. The van der Waals surface area contributed by atoms with E-state index >= 15 is 0 Å². The highest BCUT2D eigenvalue weighted by Crippen LogP contribution is 2.19. The normalized spacial score (nSPS) is 17.5. The minimum absolute atomic E-state index is 0.620. The van der Waals surface area contributed by atoms with E-state index in [-0.39, 0.29) is 0 Å². The molecule has 106 valence electrons. The maximum atomic E-state index is 4.66. The van der Waals surface area contributed by atoms with Crippen molar-refractivity contribution in [2.75, 3.05) is 26.2 Å². The summed E-state index contributed by atoms with van der Waals surface area (Å²) >= 11 is 0. The first-order valence-corrected chi connectivity index (χ1v) is 7.55. The molecule has 0 bridgehead atoms. The molecule has 0 fully saturated rings. The summed E-state index contributed by atoms with van der Waals surface area (Å²) in [4.78, 5) is 9.77. The van der Waals surface area contributed by atoms with Gasteiger partial charge in [-0.2, -0.15) is 0 Å². The van der Waals surface area contributed by atoms with Gasteiger partial charge < -0.3 is 4.90 Å². The fraction of sp³-hybridized carbons (Fsp3) is 0.688. The zero-order chi connectivity index (χ0) is 13.8. The van der Waals surface area contributed by atoms with Gasteiger partial charge in [0, 0.05) is 43.5 Å². The third-order valence-corrected chi connectivity index (χ3v) is 4.26. The average molecular weight is 261 g/mol. The van der Waals surface area contributed by atoms with Crippen molar-refractivity contribution in [3.8, 4) is 0 Å². The molecule has 2 rings (SSSR count). The van der Waals surface area contributed by atoms with E-state index in [1.54, 1.807) is 0 Å². The van der Waals surface area contributed by atoms with E-state index in [9.17, 15) is 0 Å². The van der Waals surface area contributed by atoms with E-state index < -0.39 is 0 Å². The van der Waals surface area contributed by atoms with Crippen molar-refractivity contribution >= 4 is 0 Å². The van der Waals surface area contributed by atoms with E-state index in [4.69, 9.17) is 0 Å². The zero-order valence-electron chi connectivity index (χ0n) is 12.8. The van der Waals surface area contributed by atoms with Crippen molar-refractivity contribution in [1.29, 1.82) is 0 Å². The van der Waals surface area contributed by atoms with Crippen LogP contribution in [-0.2, 0) is 13.0 Å². The van der Waals surface area contributed by atoms with E-state index in [0.29, 0.717) is 6.04 Å². The lowest BCUT2D eigenvalue weighted by Gasteiger charge is -2.35. The van der Waals surface area contributed by atoms with Crippen LogP contribution in [0.3, 0.4) is 0 Å². The average Bonchev–Trinajstić information content (AvgIpc) is 2.43. The summed E-state index contributed by atoms with van der Waals surface area (Å²) in [5, 5.41) is 0. The van der Waals surface area contributed by atoms with Crippen molar-refractivity contribution in [3.63, 3.8) is 0 Å². The number of hydrogen-bond acceptors (Lipinski definition) is 3.